The van der Waals surface area contributed by atoms with E-state index in [-0.39, 0.29) is 17.2 Å². The molecule has 0 aliphatic carbocycles. The maximum Gasteiger partial charge on any atom is 0.417 e. The zero-order valence-corrected chi connectivity index (χ0v) is 11.7. The van der Waals surface area contributed by atoms with Gasteiger partial charge in [0, 0.05) is 18.0 Å². The molecule has 0 atom stereocenters. The van der Waals surface area contributed by atoms with Gasteiger partial charge in [0.05, 0.1) is 12.1 Å². The molecule has 0 aliphatic rings. The van der Waals surface area contributed by atoms with Crippen LogP contribution in [0.3, 0.4) is 0 Å². The second-order valence-corrected chi connectivity index (χ2v) is 5.67. The number of carbonyl (C=O) groups excluding carboxylic acids is 2. The van der Waals surface area contributed by atoms with Crippen molar-refractivity contribution >= 4 is 23.3 Å². The monoisotopic (exact) mass is 271 g/mol. The molecule has 0 radical (unpaired) electrons. The normalized spacial score (nSPS) is 11.1. The van der Waals surface area contributed by atoms with E-state index in [4.69, 9.17) is 10.5 Å². The van der Waals surface area contributed by atoms with Crippen LogP contribution in [0.5, 0.6) is 5.19 Å². The molecule has 1 rings (SSSR count). The van der Waals surface area contributed by atoms with Crippen molar-refractivity contribution in [1.29, 1.82) is 0 Å². The summed E-state index contributed by atoms with van der Waals surface area (Å²) in [6.07, 6.45) is -0.439. The van der Waals surface area contributed by atoms with E-state index in [0.717, 1.165) is 11.3 Å². The lowest BCUT2D eigenvalue weighted by Crippen LogP contribution is -2.44. The van der Waals surface area contributed by atoms with Crippen molar-refractivity contribution in [2.75, 3.05) is 7.05 Å². The van der Waals surface area contributed by atoms with Crippen LogP contribution >= 0.6 is 11.3 Å². The van der Waals surface area contributed by atoms with Gasteiger partial charge in [-0.25, -0.2) is 9.78 Å². The Kier molecular flexibility index (Phi) is 4.28. The van der Waals surface area contributed by atoms with Crippen LogP contribution in [-0.2, 0) is 11.2 Å². The van der Waals surface area contributed by atoms with E-state index in [0.29, 0.717) is 5.69 Å². The average molecular weight is 271 g/mol. The second-order valence-electron chi connectivity index (χ2n) is 4.85. The Balaban J connectivity index is 2.65. The Bertz CT molecular complexity index is 451. The molecule has 7 heteroatoms. The van der Waals surface area contributed by atoms with Gasteiger partial charge in [-0.1, -0.05) is 11.3 Å². The maximum atomic E-state index is 11.8. The number of carbonyl (C=O) groups is 2. The lowest BCUT2D eigenvalue weighted by atomic mass is 10.1. The molecule has 0 fully saturated rings. The Morgan fingerprint density at radius 1 is 1.50 bits per heavy atom. The van der Waals surface area contributed by atoms with Gasteiger partial charge in [-0.15, -0.1) is 0 Å². The van der Waals surface area contributed by atoms with Gasteiger partial charge in [0.2, 0.25) is 5.91 Å². The summed E-state index contributed by atoms with van der Waals surface area (Å²) in [5, 5.41) is 1.86. The van der Waals surface area contributed by atoms with Crippen molar-refractivity contribution in [2.24, 2.45) is 5.73 Å². The summed E-state index contributed by atoms with van der Waals surface area (Å²) in [6.45, 7) is 5.69. The molecular formula is C11H17N3O3S. The summed E-state index contributed by atoms with van der Waals surface area (Å²) >= 11 is 1.16. The first kappa shape index (κ1) is 14.4. The summed E-state index contributed by atoms with van der Waals surface area (Å²) in [5.41, 5.74) is 5.23. The molecule has 18 heavy (non-hydrogen) atoms. The largest absolute Gasteiger partial charge is 0.417 e. The minimum atomic E-state index is -0.484. The standard InChI is InChI=1S/C11H17N3O3S/c1-11(2,3)14(4)10(16)17-9-13-7(6-18-9)5-8(12)15/h6H,5H2,1-4H3,(H2,12,15). The van der Waals surface area contributed by atoms with Gasteiger partial charge < -0.3 is 15.4 Å². The third kappa shape index (κ3) is 3.99. The molecule has 0 spiro atoms. The highest BCUT2D eigenvalue weighted by Crippen LogP contribution is 2.20. The van der Waals surface area contributed by atoms with E-state index >= 15 is 0 Å². The van der Waals surface area contributed by atoms with Crippen molar-refractivity contribution < 1.29 is 14.3 Å². The molecular weight excluding hydrogens is 254 g/mol. The lowest BCUT2D eigenvalue weighted by molar-refractivity contribution is -0.117. The molecule has 0 aromatic carbocycles. The van der Waals surface area contributed by atoms with Crippen molar-refractivity contribution in [2.45, 2.75) is 32.7 Å². The van der Waals surface area contributed by atoms with Crippen LogP contribution in [0.2, 0.25) is 0 Å². The molecule has 2 N–H and O–H groups in total. The predicted molar refractivity (Wildman–Crippen MR) is 68.6 cm³/mol. The van der Waals surface area contributed by atoms with E-state index < -0.39 is 12.0 Å². The van der Waals surface area contributed by atoms with E-state index in [9.17, 15) is 9.59 Å². The van der Waals surface area contributed by atoms with Crippen LogP contribution in [0.15, 0.2) is 5.38 Å². The van der Waals surface area contributed by atoms with E-state index in [1.54, 1.807) is 12.4 Å². The third-order valence-corrected chi connectivity index (χ3v) is 3.11. The fourth-order valence-corrected chi connectivity index (χ4v) is 1.67. The summed E-state index contributed by atoms with van der Waals surface area (Å²) in [5.74, 6) is -0.468. The predicted octanol–water partition coefficient (Wildman–Crippen LogP) is 1.40. The first-order valence-corrected chi connectivity index (χ1v) is 6.26. The van der Waals surface area contributed by atoms with Gasteiger partial charge >= 0.3 is 6.09 Å². The number of nitrogens with zero attached hydrogens (tertiary/aromatic N) is 2. The first-order valence-electron chi connectivity index (χ1n) is 5.38. The molecule has 0 unspecified atom stereocenters. The van der Waals surface area contributed by atoms with Crippen LogP contribution in [0.4, 0.5) is 4.79 Å². The fourth-order valence-electron chi connectivity index (χ4n) is 1.01. The van der Waals surface area contributed by atoms with Crippen molar-refractivity contribution in [3.63, 3.8) is 0 Å². The third-order valence-electron chi connectivity index (χ3n) is 2.34. The van der Waals surface area contributed by atoms with Gasteiger partial charge in [0.1, 0.15) is 0 Å². The summed E-state index contributed by atoms with van der Waals surface area (Å²) in [4.78, 5) is 28.0. The minimum Gasteiger partial charge on any atom is -0.381 e. The van der Waals surface area contributed by atoms with Crippen LogP contribution < -0.4 is 10.5 Å². The Morgan fingerprint density at radius 2 is 2.11 bits per heavy atom. The van der Waals surface area contributed by atoms with Crippen LogP contribution in [0.25, 0.3) is 0 Å². The van der Waals surface area contributed by atoms with Crippen molar-refractivity contribution in [1.82, 2.24) is 9.88 Å². The molecule has 0 aliphatic heterocycles. The second kappa shape index (κ2) is 5.34. The number of primary amides is 1. The van der Waals surface area contributed by atoms with E-state index in [1.807, 2.05) is 20.8 Å². The lowest BCUT2D eigenvalue weighted by Gasteiger charge is -2.30. The summed E-state index contributed by atoms with van der Waals surface area (Å²) in [7, 11) is 1.65. The number of amides is 2. The molecule has 1 heterocycles. The number of ether oxygens (including phenoxy) is 1. The topological polar surface area (TPSA) is 85.5 Å². The van der Waals surface area contributed by atoms with Crippen molar-refractivity contribution in [3.8, 4) is 5.19 Å². The molecule has 0 bridgehead atoms. The molecule has 2 amide bonds. The molecule has 1 aromatic rings. The van der Waals surface area contributed by atoms with Gasteiger partial charge in [0.15, 0.2) is 0 Å². The average Bonchev–Trinajstić information content (AvgIpc) is 2.61. The van der Waals surface area contributed by atoms with Crippen LogP contribution in [-0.4, -0.2) is 34.5 Å². The zero-order chi connectivity index (χ0) is 13.9. The van der Waals surface area contributed by atoms with Crippen LogP contribution in [0, 0.1) is 0 Å². The van der Waals surface area contributed by atoms with E-state index in [1.165, 1.54) is 4.90 Å². The highest BCUT2D eigenvalue weighted by atomic mass is 32.1. The Labute approximate surface area is 110 Å². The van der Waals surface area contributed by atoms with Crippen molar-refractivity contribution in [3.05, 3.63) is 11.1 Å². The number of rotatable bonds is 3. The summed E-state index contributed by atoms with van der Waals surface area (Å²) in [6, 6.07) is 0. The highest BCUT2D eigenvalue weighted by molar-refractivity contribution is 7.11. The summed E-state index contributed by atoms with van der Waals surface area (Å²) < 4.78 is 5.11. The highest BCUT2D eigenvalue weighted by Gasteiger charge is 2.24. The van der Waals surface area contributed by atoms with Gasteiger partial charge in [-0.05, 0) is 20.8 Å². The molecule has 0 saturated heterocycles. The Morgan fingerprint density at radius 3 is 2.61 bits per heavy atom. The number of aromatic nitrogens is 1. The number of thiazole rings is 1. The van der Waals surface area contributed by atoms with E-state index in [2.05, 4.69) is 4.98 Å². The zero-order valence-electron chi connectivity index (χ0n) is 10.9. The SMILES string of the molecule is CN(C(=O)Oc1nc(CC(N)=O)cs1)C(C)(C)C. The van der Waals surface area contributed by atoms with Crippen LogP contribution in [0.1, 0.15) is 26.5 Å². The quantitative estimate of drug-likeness (QED) is 0.900. The number of hydrogen-bond donors (Lipinski definition) is 1. The fraction of sp³-hybridized carbons (Fsp3) is 0.545. The molecule has 100 valence electrons. The molecule has 0 saturated carbocycles. The minimum absolute atomic E-state index is 0.0448. The van der Waals surface area contributed by atoms with Gasteiger partial charge in [-0.3, -0.25) is 4.79 Å². The van der Waals surface area contributed by atoms with Gasteiger partial charge in [0.25, 0.3) is 5.19 Å². The first-order chi connectivity index (χ1) is 8.20. The number of nitrogens with two attached hydrogens (primary N) is 1. The smallest absolute Gasteiger partial charge is 0.381 e. The number of hydrogen-bond acceptors (Lipinski definition) is 5. The maximum absolute atomic E-state index is 11.8. The van der Waals surface area contributed by atoms with Gasteiger partial charge in [-0.2, -0.15) is 0 Å². The molecule has 6 nitrogen and oxygen atoms in total. The Hall–Kier alpha value is -1.63. The molecule has 1 aromatic heterocycles.